The van der Waals surface area contributed by atoms with Crippen molar-refractivity contribution in [3.8, 4) is 0 Å². The molecule has 0 amide bonds. The van der Waals surface area contributed by atoms with Crippen molar-refractivity contribution < 1.29 is 28.9 Å². The molecule has 0 aliphatic carbocycles. The van der Waals surface area contributed by atoms with Gasteiger partial charge in [-0.1, -0.05) is 23.7 Å². The lowest BCUT2D eigenvalue weighted by Crippen LogP contribution is -2.55. The normalized spacial score (nSPS) is 24.5. The lowest BCUT2D eigenvalue weighted by atomic mass is 9.84. The average Bonchev–Trinajstić information content (AvgIpc) is 2.86. The van der Waals surface area contributed by atoms with E-state index >= 15 is 0 Å². The Kier molecular flexibility index (Phi) is 11.5. The average molecular weight is 440 g/mol. The molecule has 1 fully saturated rings. The molecule has 1 aliphatic rings. The third kappa shape index (κ3) is 8.05. The Morgan fingerprint density at radius 3 is 2.52 bits per heavy atom. The lowest BCUT2D eigenvalue weighted by Gasteiger charge is -2.45. The third-order valence-electron chi connectivity index (χ3n) is 6.22. The van der Waals surface area contributed by atoms with Crippen molar-refractivity contribution in [2.45, 2.75) is 90.6 Å². The molecule has 1 N–H and O–H groups in total. The van der Waals surface area contributed by atoms with Gasteiger partial charge in [0.25, 0.3) is 0 Å². The number of esters is 1. The first kappa shape index (κ1) is 27.3. The van der Waals surface area contributed by atoms with Gasteiger partial charge >= 0.3 is 5.97 Å². The molecule has 0 spiro atoms. The molecule has 0 aromatic carbocycles. The summed E-state index contributed by atoms with van der Waals surface area (Å²) < 4.78 is 23.6. The first-order valence-corrected chi connectivity index (χ1v) is 11.0. The zero-order valence-corrected chi connectivity index (χ0v) is 20.3. The van der Waals surface area contributed by atoms with Gasteiger partial charge in [-0.2, -0.15) is 0 Å². The molecule has 1 heterocycles. The van der Waals surface area contributed by atoms with Crippen LogP contribution in [0.5, 0.6) is 0 Å². The Hall–Kier alpha value is -1.70. The highest BCUT2D eigenvalue weighted by Gasteiger charge is 2.51. The predicted octanol–water partition coefficient (Wildman–Crippen LogP) is 5.03. The molecule has 0 saturated carbocycles. The second kappa shape index (κ2) is 13.0. The van der Waals surface area contributed by atoms with E-state index in [9.17, 15) is 4.79 Å². The summed E-state index contributed by atoms with van der Waals surface area (Å²) in [5.74, 6) is -0.911. The summed E-state index contributed by atoms with van der Waals surface area (Å²) in [6.45, 7) is 10.1. The van der Waals surface area contributed by atoms with E-state index in [0.29, 0.717) is 13.0 Å². The van der Waals surface area contributed by atoms with E-state index in [2.05, 4.69) is 18.2 Å². The van der Waals surface area contributed by atoms with E-state index in [1.54, 1.807) is 20.3 Å². The van der Waals surface area contributed by atoms with E-state index in [1.165, 1.54) is 18.7 Å². The first-order chi connectivity index (χ1) is 14.6. The van der Waals surface area contributed by atoms with E-state index in [0.717, 1.165) is 37.7 Å². The van der Waals surface area contributed by atoms with Gasteiger partial charge in [-0.15, -0.1) is 0 Å². The summed E-state index contributed by atoms with van der Waals surface area (Å²) in [5.41, 5.74) is 1.58. The van der Waals surface area contributed by atoms with Crippen molar-refractivity contribution in [3.63, 3.8) is 0 Å². The molecule has 31 heavy (non-hydrogen) atoms. The van der Waals surface area contributed by atoms with Gasteiger partial charge in [0.05, 0.1) is 12.8 Å². The van der Waals surface area contributed by atoms with Crippen LogP contribution in [0.1, 0.15) is 73.1 Å². The third-order valence-corrected chi connectivity index (χ3v) is 6.22. The second-order valence-electron chi connectivity index (χ2n) is 8.80. The number of oxime groups is 1. The minimum absolute atomic E-state index is 0.142. The Bertz CT molecular complexity index is 648. The molecule has 1 saturated heterocycles. The summed E-state index contributed by atoms with van der Waals surface area (Å²) in [6, 6.07) is 0. The van der Waals surface area contributed by atoms with Crippen molar-refractivity contribution >= 4 is 12.2 Å². The van der Waals surface area contributed by atoms with Crippen molar-refractivity contribution in [1.29, 1.82) is 0 Å². The van der Waals surface area contributed by atoms with Crippen LogP contribution in [-0.4, -0.2) is 55.7 Å². The summed E-state index contributed by atoms with van der Waals surface area (Å²) in [4.78, 5) is 11.6. The fraction of sp³-hybridized carbons (Fsp3) is 0.750. The summed E-state index contributed by atoms with van der Waals surface area (Å²) in [7, 11) is 3.29. The fourth-order valence-electron chi connectivity index (χ4n) is 4.18. The van der Waals surface area contributed by atoms with Gasteiger partial charge in [-0.3, -0.25) is 4.79 Å². The van der Waals surface area contributed by atoms with Crippen LogP contribution in [0.2, 0.25) is 0 Å². The van der Waals surface area contributed by atoms with E-state index in [4.69, 9.17) is 24.2 Å². The van der Waals surface area contributed by atoms with Gasteiger partial charge in [0, 0.05) is 34.0 Å². The Morgan fingerprint density at radius 1 is 1.29 bits per heavy atom. The standard InChI is InChI=1S/C24H41NO6/c1-18(2)10-11-22(31-20(4)26)19(3)9-8-14-23(5)24(28-6,29-7)15-12-21(17-30-23)13-16-25-27/h10,13,16,19,22,27H,8-9,11-12,14-15,17H2,1-7H3/t19?,22?,23-/m0/s1. The molecule has 7 nitrogen and oxygen atoms in total. The van der Waals surface area contributed by atoms with E-state index < -0.39 is 11.4 Å². The van der Waals surface area contributed by atoms with Crippen LogP contribution in [0.15, 0.2) is 28.5 Å². The monoisotopic (exact) mass is 439 g/mol. The zero-order valence-electron chi connectivity index (χ0n) is 20.3. The quantitative estimate of drug-likeness (QED) is 0.121. The van der Waals surface area contributed by atoms with Gasteiger partial charge < -0.3 is 24.2 Å². The van der Waals surface area contributed by atoms with Gasteiger partial charge in [0.1, 0.15) is 11.7 Å². The predicted molar refractivity (Wildman–Crippen MR) is 121 cm³/mol. The summed E-state index contributed by atoms with van der Waals surface area (Å²) >= 11 is 0. The van der Waals surface area contributed by atoms with Crippen LogP contribution >= 0.6 is 0 Å². The maximum absolute atomic E-state index is 11.6. The molecule has 3 atom stereocenters. The maximum Gasteiger partial charge on any atom is 0.302 e. The molecular formula is C24H41NO6. The Balaban J connectivity index is 2.88. The largest absolute Gasteiger partial charge is 0.462 e. The summed E-state index contributed by atoms with van der Waals surface area (Å²) in [5, 5.41) is 11.7. The van der Waals surface area contributed by atoms with E-state index in [1.807, 2.05) is 20.8 Å². The number of carbonyl (C=O) groups is 1. The smallest absolute Gasteiger partial charge is 0.302 e. The SMILES string of the molecule is COC1(OC)CCC(=CC=NO)CO[C@@]1(C)CCCC(C)C(CC=C(C)C)OC(C)=O. The van der Waals surface area contributed by atoms with Crippen LogP contribution in [0.3, 0.4) is 0 Å². The zero-order chi connectivity index (χ0) is 23.5. The van der Waals surface area contributed by atoms with Crippen LogP contribution in [0, 0.1) is 5.92 Å². The van der Waals surface area contributed by atoms with Gasteiger partial charge in [-0.05, 0) is 64.0 Å². The number of carbonyl (C=O) groups excluding carboxylic acids is 1. The maximum atomic E-state index is 11.6. The lowest BCUT2D eigenvalue weighted by molar-refractivity contribution is -0.307. The highest BCUT2D eigenvalue weighted by molar-refractivity contribution is 5.71. The van der Waals surface area contributed by atoms with Gasteiger partial charge in [0.15, 0.2) is 5.79 Å². The highest BCUT2D eigenvalue weighted by atomic mass is 16.7. The molecule has 178 valence electrons. The topological polar surface area (TPSA) is 86.6 Å². The minimum Gasteiger partial charge on any atom is -0.462 e. The fourth-order valence-corrected chi connectivity index (χ4v) is 4.18. The second-order valence-corrected chi connectivity index (χ2v) is 8.80. The van der Waals surface area contributed by atoms with Crippen molar-refractivity contribution in [3.05, 3.63) is 23.3 Å². The molecule has 2 unspecified atom stereocenters. The first-order valence-electron chi connectivity index (χ1n) is 11.0. The number of hydrogen-bond acceptors (Lipinski definition) is 7. The van der Waals surface area contributed by atoms with Crippen LogP contribution in [0.4, 0.5) is 0 Å². The number of allylic oxidation sites excluding steroid dienone is 2. The van der Waals surface area contributed by atoms with Crippen LogP contribution < -0.4 is 0 Å². The van der Waals surface area contributed by atoms with Gasteiger partial charge in [-0.25, -0.2) is 0 Å². The number of methoxy groups -OCH3 is 2. The molecule has 0 aromatic heterocycles. The van der Waals surface area contributed by atoms with Crippen LogP contribution in [0.25, 0.3) is 0 Å². The molecule has 0 radical (unpaired) electrons. The highest BCUT2D eigenvalue weighted by Crippen LogP contribution is 2.42. The Labute approximate surface area is 187 Å². The summed E-state index contributed by atoms with van der Waals surface area (Å²) in [6.07, 6.45) is 9.65. The van der Waals surface area contributed by atoms with Crippen molar-refractivity contribution in [1.82, 2.24) is 0 Å². The number of nitrogens with zero attached hydrogens (tertiary/aromatic N) is 1. The van der Waals surface area contributed by atoms with Crippen molar-refractivity contribution in [2.75, 3.05) is 20.8 Å². The van der Waals surface area contributed by atoms with Gasteiger partial charge in [0.2, 0.25) is 0 Å². The number of ether oxygens (including phenoxy) is 4. The minimum atomic E-state index is -0.875. The molecule has 1 aliphatic heterocycles. The molecular weight excluding hydrogens is 398 g/mol. The molecule has 1 rings (SSSR count). The Morgan fingerprint density at radius 2 is 1.97 bits per heavy atom. The molecule has 0 bridgehead atoms. The van der Waals surface area contributed by atoms with E-state index in [-0.39, 0.29) is 18.0 Å². The molecule has 7 heteroatoms. The number of rotatable bonds is 11. The number of hydrogen-bond donors (Lipinski definition) is 1. The van der Waals surface area contributed by atoms with Crippen molar-refractivity contribution in [2.24, 2.45) is 11.1 Å². The van der Waals surface area contributed by atoms with Crippen LogP contribution in [-0.2, 0) is 23.7 Å². The molecule has 0 aromatic rings.